The zero-order valence-electron chi connectivity index (χ0n) is 17.4. The van der Waals surface area contributed by atoms with Crippen LogP contribution < -0.4 is 10.2 Å². The second-order valence-electron chi connectivity index (χ2n) is 7.25. The lowest BCUT2D eigenvalue weighted by molar-refractivity contribution is -0.129. The molecular formula is C25H26N2O3. The fraction of sp³-hybridized carbons (Fsp3) is 0.200. The van der Waals surface area contributed by atoms with Crippen LogP contribution in [-0.2, 0) is 9.53 Å². The number of nitrogens with zero attached hydrogens (tertiary/aromatic N) is 1. The average molecular weight is 402 g/mol. The van der Waals surface area contributed by atoms with E-state index in [-0.39, 0.29) is 11.9 Å². The van der Waals surface area contributed by atoms with Crippen LogP contribution in [0, 0.1) is 0 Å². The van der Waals surface area contributed by atoms with Crippen molar-refractivity contribution in [1.82, 2.24) is 5.32 Å². The van der Waals surface area contributed by atoms with E-state index in [2.05, 4.69) is 5.32 Å². The van der Waals surface area contributed by atoms with Crippen molar-refractivity contribution >= 4 is 17.6 Å². The Hall–Kier alpha value is -3.60. The number of hydrogen-bond acceptors (Lipinski definition) is 4. The third kappa shape index (κ3) is 5.26. The molecule has 0 saturated heterocycles. The number of carbonyl (C=O) groups is 2. The lowest BCUT2D eigenvalue weighted by Gasteiger charge is -2.22. The van der Waals surface area contributed by atoms with Crippen molar-refractivity contribution in [3.8, 4) is 0 Å². The first kappa shape index (κ1) is 21.1. The summed E-state index contributed by atoms with van der Waals surface area (Å²) in [6, 6.07) is 26.1. The van der Waals surface area contributed by atoms with E-state index in [0.717, 1.165) is 16.8 Å². The van der Waals surface area contributed by atoms with Gasteiger partial charge < -0.3 is 15.0 Å². The monoisotopic (exact) mass is 402 g/mol. The molecule has 0 aromatic heterocycles. The largest absolute Gasteiger partial charge is 0.449 e. The van der Waals surface area contributed by atoms with Gasteiger partial charge in [0.1, 0.15) is 0 Å². The van der Waals surface area contributed by atoms with Gasteiger partial charge in [-0.25, -0.2) is 4.79 Å². The van der Waals surface area contributed by atoms with Crippen LogP contribution >= 0.6 is 0 Å². The molecule has 154 valence electrons. The first-order valence-corrected chi connectivity index (χ1v) is 9.84. The van der Waals surface area contributed by atoms with Gasteiger partial charge in [-0.15, -0.1) is 0 Å². The van der Waals surface area contributed by atoms with Gasteiger partial charge in [-0.1, -0.05) is 60.7 Å². The van der Waals surface area contributed by atoms with Gasteiger partial charge in [-0.3, -0.25) is 4.79 Å². The molecule has 1 amide bonds. The molecule has 0 bridgehead atoms. The first-order valence-electron chi connectivity index (χ1n) is 9.84. The second kappa shape index (κ2) is 9.74. The van der Waals surface area contributed by atoms with Crippen LogP contribution in [0.2, 0.25) is 0 Å². The van der Waals surface area contributed by atoms with Crippen LogP contribution in [0.5, 0.6) is 0 Å². The van der Waals surface area contributed by atoms with Crippen LogP contribution in [0.15, 0.2) is 84.9 Å². The van der Waals surface area contributed by atoms with Crippen LogP contribution in [0.4, 0.5) is 5.69 Å². The minimum atomic E-state index is -0.930. The van der Waals surface area contributed by atoms with E-state index < -0.39 is 12.1 Å². The molecule has 0 aliphatic carbocycles. The number of esters is 1. The number of amides is 1. The highest BCUT2D eigenvalue weighted by atomic mass is 16.5. The van der Waals surface area contributed by atoms with Gasteiger partial charge >= 0.3 is 5.97 Å². The molecule has 5 nitrogen and oxygen atoms in total. The number of rotatable bonds is 7. The summed E-state index contributed by atoms with van der Waals surface area (Å²) in [6.45, 7) is 1.58. The van der Waals surface area contributed by atoms with Gasteiger partial charge in [-0.05, 0) is 42.3 Å². The predicted molar refractivity (Wildman–Crippen MR) is 119 cm³/mol. The Bertz CT molecular complexity index is 931. The predicted octanol–water partition coefficient (Wildman–Crippen LogP) is 4.20. The Balaban J connectivity index is 1.70. The SMILES string of the molecule is C[C@@H](OC(=O)c1ccc(N(C)C)cc1)C(=O)NC(c1ccccc1)c1ccccc1. The van der Waals surface area contributed by atoms with E-state index in [9.17, 15) is 9.59 Å². The van der Waals surface area contributed by atoms with Crippen molar-refractivity contribution in [2.24, 2.45) is 0 Å². The van der Waals surface area contributed by atoms with E-state index in [1.165, 1.54) is 0 Å². The summed E-state index contributed by atoms with van der Waals surface area (Å²) in [7, 11) is 3.85. The minimum Gasteiger partial charge on any atom is -0.449 e. The Labute approximate surface area is 177 Å². The summed E-state index contributed by atoms with van der Waals surface area (Å²) >= 11 is 0. The summed E-state index contributed by atoms with van der Waals surface area (Å²) in [5, 5.41) is 3.01. The molecule has 0 heterocycles. The Morgan fingerprint density at radius 3 is 1.77 bits per heavy atom. The Morgan fingerprint density at radius 1 is 0.800 bits per heavy atom. The van der Waals surface area contributed by atoms with E-state index in [1.807, 2.05) is 91.8 Å². The number of carbonyl (C=O) groups excluding carboxylic acids is 2. The summed E-state index contributed by atoms with van der Waals surface area (Å²) in [4.78, 5) is 27.2. The van der Waals surface area contributed by atoms with Crippen LogP contribution in [0.1, 0.15) is 34.5 Å². The Kier molecular flexibility index (Phi) is 6.86. The highest BCUT2D eigenvalue weighted by molar-refractivity contribution is 5.92. The molecule has 0 aliphatic rings. The molecule has 0 radical (unpaired) electrons. The van der Waals surface area contributed by atoms with Crippen molar-refractivity contribution < 1.29 is 14.3 Å². The van der Waals surface area contributed by atoms with Gasteiger partial charge in [0.25, 0.3) is 5.91 Å². The van der Waals surface area contributed by atoms with E-state index in [4.69, 9.17) is 4.74 Å². The molecule has 30 heavy (non-hydrogen) atoms. The van der Waals surface area contributed by atoms with E-state index in [0.29, 0.717) is 5.56 Å². The molecule has 3 rings (SSSR count). The quantitative estimate of drug-likeness (QED) is 0.602. The number of benzene rings is 3. The maximum atomic E-state index is 12.8. The van der Waals surface area contributed by atoms with Crippen molar-refractivity contribution in [1.29, 1.82) is 0 Å². The molecule has 0 aliphatic heterocycles. The fourth-order valence-corrected chi connectivity index (χ4v) is 3.09. The molecular weight excluding hydrogens is 376 g/mol. The van der Waals surface area contributed by atoms with Crippen LogP contribution in [0.3, 0.4) is 0 Å². The third-order valence-corrected chi connectivity index (χ3v) is 4.82. The molecule has 0 saturated carbocycles. The number of nitrogens with one attached hydrogen (secondary N) is 1. The maximum Gasteiger partial charge on any atom is 0.338 e. The molecule has 0 spiro atoms. The van der Waals surface area contributed by atoms with Crippen molar-refractivity contribution in [2.45, 2.75) is 19.1 Å². The maximum absolute atomic E-state index is 12.8. The number of hydrogen-bond donors (Lipinski definition) is 1. The van der Waals surface area contributed by atoms with Crippen molar-refractivity contribution in [3.05, 3.63) is 102 Å². The van der Waals surface area contributed by atoms with Crippen molar-refractivity contribution in [3.63, 3.8) is 0 Å². The lowest BCUT2D eigenvalue weighted by atomic mass is 9.98. The van der Waals surface area contributed by atoms with Crippen molar-refractivity contribution in [2.75, 3.05) is 19.0 Å². The van der Waals surface area contributed by atoms with Crippen LogP contribution in [-0.4, -0.2) is 32.1 Å². The summed E-state index contributed by atoms with van der Waals surface area (Å²) in [5.41, 5.74) is 3.29. The molecule has 0 unspecified atom stereocenters. The molecule has 5 heteroatoms. The average Bonchev–Trinajstić information content (AvgIpc) is 2.78. The van der Waals surface area contributed by atoms with Gasteiger partial charge in [0, 0.05) is 19.8 Å². The zero-order valence-corrected chi connectivity index (χ0v) is 17.4. The summed E-state index contributed by atoms with van der Waals surface area (Å²) in [6.07, 6.45) is -0.930. The lowest BCUT2D eigenvalue weighted by Crippen LogP contribution is -2.38. The number of ether oxygens (including phenoxy) is 1. The van der Waals surface area contributed by atoms with Gasteiger partial charge in [-0.2, -0.15) is 0 Å². The fourth-order valence-electron chi connectivity index (χ4n) is 3.09. The first-order chi connectivity index (χ1) is 14.5. The highest BCUT2D eigenvalue weighted by Crippen LogP contribution is 2.22. The normalized spacial score (nSPS) is 11.6. The molecule has 1 atom stereocenters. The minimum absolute atomic E-state index is 0.333. The highest BCUT2D eigenvalue weighted by Gasteiger charge is 2.23. The van der Waals surface area contributed by atoms with Gasteiger partial charge in [0.15, 0.2) is 6.10 Å². The molecule has 3 aromatic carbocycles. The Morgan fingerprint density at radius 2 is 1.30 bits per heavy atom. The standard InChI is InChI=1S/C25H26N2O3/c1-18(30-25(29)21-14-16-22(17-15-21)27(2)3)24(28)26-23(19-10-6-4-7-11-19)20-12-8-5-9-13-20/h4-18,23H,1-3H3,(H,26,28)/t18-/m1/s1. The molecule has 0 fully saturated rings. The topological polar surface area (TPSA) is 58.6 Å². The summed E-state index contributed by atoms with van der Waals surface area (Å²) in [5.74, 6) is -0.884. The zero-order chi connectivity index (χ0) is 21.5. The molecule has 1 N–H and O–H groups in total. The van der Waals surface area contributed by atoms with E-state index >= 15 is 0 Å². The van der Waals surface area contributed by atoms with E-state index in [1.54, 1.807) is 19.1 Å². The van der Waals surface area contributed by atoms with Gasteiger partial charge in [0.05, 0.1) is 11.6 Å². The van der Waals surface area contributed by atoms with Crippen LogP contribution in [0.25, 0.3) is 0 Å². The van der Waals surface area contributed by atoms with Gasteiger partial charge in [0.2, 0.25) is 0 Å². The summed E-state index contributed by atoms with van der Waals surface area (Å²) < 4.78 is 5.41. The second-order valence-corrected chi connectivity index (χ2v) is 7.25. The third-order valence-electron chi connectivity index (χ3n) is 4.82. The molecule has 3 aromatic rings. The number of anilines is 1. The smallest absolute Gasteiger partial charge is 0.338 e.